The molecular formula is C19H28N4OS. The van der Waals surface area contributed by atoms with Crippen molar-refractivity contribution in [2.24, 2.45) is 11.0 Å². The fourth-order valence-corrected chi connectivity index (χ4v) is 5.23. The average Bonchev–Trinajstić information content (AvgIpc) is 2.88. The molecule has 0 saturated carbocycles. The monoisotopic (exact) mass is 360 g/mol. The van der Waals surface area contributed by atoms with Gasteiger partial charge in [0.1, 0.15) is 0 Å². The van der Waals surface area contributed by atoms with Crippen LogP contribution in [0.25, 0.3) is 0 Å². The Morgan fingerprint density at radius 2 is 2.04 bits per heavy atom. The van der Waals surface area contributed by atoms with Crippen molar-refractivity contribution < 1.29 is 4.79 Å². The third-order valence-electron chi connectivity index (χ3n) is 5.71. The van der Waals surface area contributed by atoms with E-state index in [-0.39, 0.29) is 5.91 Å². The highest BCUT2D eigenvalue weighted by Crippen LogP contribution is 2.35. The number of nitrogens with zero attached hydrogens (tertiary/aromatic N) is 4. The molecule has 2 aliphatic heterocycles. The van der Waals surface area contributed by atoms with Crippen LogP contribution in [0.15, 0.2) is 11.2 Å². The molecule has 1 saturated heterocycles. The summed E-state index contributed by atoms with van der Waals surface area (Å²) >= 11 is 1.90. The molecule has 136 valence electrons. The van der Waals surface area contributed by atoms with Gasteiger partial charge < -0.3 is 4.90 Å². The molecule has 6 heteroatoms. The molecule has 1 amide bonds. The van der Waals surface area contributed by atoms with Gasteiger partial charge in [0.05, 0.1) is 12.3 Å². The first-order chi connectivity index (χ1) is 12.1. The highest BCUT2D eigenvalue weighted by molar-refractivity contribution is 7.12. The number of hydrogen-bond acceptors (Lipinski definition) is 5. The Labute approximate surface area is 154 Å². The maximum atomic E-state index is 12.6. The van der Waals surface area contributed by atoms with Gasteiger partial charge in [-0.05, 0) is 39.3 Å². The van der Waals surface area contributed by atoms with Crippen molar-refractivity contribution in [3.8, 4) is 0 Å². The standard InChI is InChI=1S/C19H28N4OS/c1-14-12-16-17(25-14)5-3-4-15-13-18(24)23(20-19(15)16)11-10-22-8-6-21(2)7-9-22/h12,15H,3-11,13H2,1-2H3. The quantitative estimate of drug-likeness (QED) is 0.829. The van der Waals surface area contributed by atoms with E-state index in [1.165, 1.54) is 27.5 Å². The van der Waals surface area contributed by atoms with Crippen LogP contribution in [-0.4, -0.2) is 72.7 Å². The van der Waals surface area contributed by atoms with E-state index in [0.29, 0.717) is 12.3 Å². The lowest BCUT2D eigenvalue weighted by molar-refractivity contribution is -0.133. The first kappa shape index (κ1) is 17.2. The lowest BCUT2D eigenvalue weighted by Crippen LogP contribution is -2.48. The molecular weight excluding hydrogens is 332 g/mol. The molecule has 4 rings (SSSR count). The second kappa shape index (κ2) is 7.17. The minimum absolute atomic E-state index is 0.207. The molecule has 1 unspecified atom stereocenters. The van der Waals surface area contributed by atoms with Crippen LogP contribution in [0.2, 0.25) is 0 Å². The van der Waals surface area contributed by atoms with E-state index in [4.69, 9.17) is 5.10 Å². The van der Waals surface area contributed by atoms with Gasteiger partial charge in [-0.1, -0.05) is 0 Å². The highest BCUT2D eigenvalue weighted by atomic mass is 32.1. The molecule has 0 bridgehead atoms. The number of likely N-dealkylation sites (N-methyl/N-ethyl adjacent to an activating group) is 1. The third-order valence-corrected chi connectivity index (χ3v) is 6.82. The van der Waals surface area contributed by atoms with Crippen LogP contribution in [-0.2, 0) is 11.2 Å². The lowest BCUT2D eigenvalue weighted by atomic mass is 9.91. The van der Waals surface area contributed by atoms with E-state index in [1.54, 1.807) is 5.01 Å². The van der Waals surface area contributed by atoms with Crippen LogP contribution in [0.1, 0.15) is 34.6 Å². The van der Waals surface area contributed by atoms with Crippen molar-refractivity contribution in [2.75, 3.05) is 46.3 Å². The van der Waals surface area contributed by atoms with Gasteiger partial charge in [0.15, 0.2) is 0 Å². The average molecular weight is 361 g/mol. The molecule has 1 aromatic heterocycles. The molecule has 1 fully saturated rings. The Morgan fingerprint density at radius 1 is 1.24 bits per heavy atom. The van der Waals surface area contributed by atoms with Gasteiger partial charge in [0, 0.05) is 60.4 Å². The number of aryl methyl sites for hydroxylation is 2. The van der Waals surface area contributed by atoms with E-state index in [1.807, 2.05) is 11.3 Å². The summed E-state index contributed by atoms with van der Waals surface area (Å²) in [5.74, 6) is 0.529. The number of hydrazone groups is 1. The predicted octanol–water partition coefficient (Wildman–Crippen LogP) is 2.19. The topological polar surface area (TPSA) is 39.2 Å². The van der Waals surface area contributed by atoms with Gasteiger partial charge in [0.25, 0.3) is 0 Å². The Bertz CT molecular complexity index is 675. The van der Waals surface area contributed by atoms with Crippen molar-refractivity contribution in [3.63, 3.8) is 0 Å². The summed E-state index contributed by atoms with van der Waals surface area (Å²) in [6, 6.07) is 2.28. The number of rotatable bonds is 3. The Hall–Kier alpha value is -1.24. The van der Waals surface area contributed by atoms with Gasteiger partial charge in [-0.3, -0.25) is 9.69 Å². The highest BCUT2D eigenvalue weighted by Gasteiger charge is 2.33. The second-order valence-corrected chi connectivity index (χ2v) is 8.98. The summed E-state index contributed by atoms with van der Waals surface area (Å²) in [7, 11) is 2.17. The molecule has 1 aromatic rings. The minimum atomic E-state index is 0.207. The number of carbonyl (C=O) groups excluding carboxylic acids is 1. The van der Waals surface area contributed by atoms with Crippen LogP contribution in [0.4, 0.5) is 0 Å². The van der Waals surface area contributed by atoms with Gasteiger partial charge in [0.2, 0.25) is 5.91 Å². The van der Waals surface area contributed by atoms with Crippen LogP contribution >= 0.6 is 11.3 Å². The molecule has 0 spiro atoms. The van der Waals surface area contributed by atoms with Gasteiger partial charge in [-0.15, -0.1) is 11.3 Å². The van der Waals surface area contributed by atoms with E-state index >= 15 is 0 Å². The number of carbonyl (C=O) groups is 1. The Balaban J connectivity index is 1.50. The van der Waals surface area contributed by atoms with E-state index in [2.05, 4.69) is 29.8 Å². The predicted molar refractivity (Wildman–Crippen MR) is 102 cm³/mol. The largest absolute Gasteiger partial charge is 0.304 e. The number of piperazine rings is 1. The van der Waals surface area contributed by atoms with Crippen molar-refractivity contribution >= 4 is 23.0 Å². The van der Waals surface area contributed by atoms with E-state index in [9.17, 15) is 4.79 Å². The summed E-state index contributed by atoms with van der Waals surface area (Å²) < 4.78 is 0. The first-order valence-electron chi connectivity index (χ1n) is 9.49. The number of amides is 1. The minimum Gasteiger partial charge on any atom is -0.304 e. The van der Waals surface area contributed by atoms with Crippen LogP contribution in [0.5, 0.6) is 0 Å². The number of thiophene rings is 1. The third kappa shape index (κ3) is 3.66. The molecule has 1 atom stereocenters. The molecule has 25 heavy (non-hydrogen) atoms. The summed E-state index contributed by atoms with van der Waals surface area (Å²) in [6.45, 7) is 8.23. The van der Waals surface area contributed by atoms with E-state index < -0.39 is 0 Å². The zero-order valence-electron chi connectivity index (χ0n) is 15.3. The summed E-state index contributed by atoms with van der Waals surface area (Å²) in [5, 5.41) is 6.63. The van der Waals surface area contributed by atoms with Crippen molar-refractivity contribution in [2.45, 2.75) is 32.6 Å². The van der Waals surface area contributed by atoms with Gasteiger partial charge >= 0.3 is 0 Å². The molecule has 0 N–H and O–H groups in total. The van der Waals surface area contributed by atoms with Crippen molar-refractivity contribution in [3.05, 3.63) is 21.4 Å². The fraction of sp³-hybridized carbons (Fsp3) is 0.684. The number of fused-ring (bicyclic) bond motifs is 3. The van der Waals surface area contributed by atoms with Gasteiger partial charge in [-0.25, -0.2) is 5.01 Å². The first-order valence-corrected chi connectivity index (χ1v) is 10.3. The van der Waals surface area contributed by atoms with Crippen LogP contribution in [0.3, 0.4) is 0 Å². The number of hydrogen-bond donors (Lipinski definition) is 0. The summed E-state index contributed by atoms with van der Waals surface area (Å²) in [4.78, 5) is 20.2. The maximum Gasteiger partial charge on any atom is 0.243 e. The molecule has 0 radical (unpaired) electrons. The van der Waals surface area contributed by atoms with Crippen molar-refractivity contribution in [1.82, 2.24) is 14.8 Å². The normalized spacial score (nSPS) is 25.4. The molecule has 5 nitrogen and oxygen atoms in total. The van der Waals surface area contributed by atoms with Crippen LogP contribution in [0, 0.1) is 12.8 Å². The zero-order valence-corrected chi connectivity index (χ0v) is 16.1. The smallest absolute Gasteiger partial charge is 0.243 e. The van der Waals surface area contributed by atoms with Crippen molar-refractivity contribution in [1.29, 1.82) is 0 Å². The van der Waals surface area contributed by atoms with Crippen LogP contribution < -0.4 is 0 Å². The Kier molecular flexibility index (Phi) is 4.93. The Morgan fingerprint density at radius 3 is 2.84 bits per heavy atom. The summed E-state index contributed by atoms with van der Waals surface area (Å²) in [6.07, 6.45) is 4.04. The fourth-order valence-electron chi connectivity index (χ4n) is 4.15. The molecule has 0 aromatic carbocycles. The molecule has 3 heterocycles. The van der Waals surface area contributed by atoms with E-state index in [0.717, 1.165) is 52.1 Å². The summed E-state index contributed by atoms with van der Waals surface area (Å²) in [5.41, 5.74) is 2.50. The molecule has 3 aliphatic rings. The maximum absolute atomic E-state index is 12.6. The SMILES string of the molecule is Cc1cc2c(s1)CCCC1CC(=O)N(CCN3CCN(C)CC3)N=C21. The van der Waals surface area contributed by atoms with Gasteiger partial charge in [-0.2, -0.15) is 5.10 Å². The molecule has 1 aliphatic carbocycles. The second-order valence-electron chi connectivity index (χ2n) is 7.63. The zero-order chi connectivity index (χ0) is 17.4. The lowest BCUT2D eigenvalue weighted by Gasteiger charge is -2.34.